The van der Waals surface area contributed by atoms with Gasteiger partial charge in [0, 0.05) is 18.6 Å². The average molecular weight is 518 g/mol. The molecule has 0 radical (unpaired) electrons. The summed E-state index contributed by atoms with van der Waals surface area (Å²) < 4.78 is 82.3. The van der Waals surface area contributed by atoms with Crippen LogP contribution in [0, 0.1) is 0 Å². The second-order valence-corrected chi connectivity index (χ2v) is 13.5. The van der Waals surface area contributed by atoms with E-state index in [1.807, 2.05) is 0 Å². The van der Waals surface area contributed by atoms with Crippen molar-refractivity contribution in [3.05, 3.63) is 47.5 Å². The van der Waals surface area contributed by atoms with Crippen molar-refractivity contribution in [2.24, 2.45) is 0 Å². The fourth-order valence-electron chi connectivity index (χ4n) is 3.60. The summed E-state index contributed by atoms with van der Waals surface area (Å²) in [6, 6.07) is 6.98. The molecule has 2 aromatic carbocycles. The molecule has 0 heterocycles. The number of rotatable bonds is 8. The number of sulfonamides is 1. The SMILES string of the molecule is CS(=O)(=O)c1cc(S(C)(=O)=O)cc(S(=O)(=O)N[C@@H]2CCCc3c(OCC(=O)O)cccc32)c1. The van der Waals surface area contributed by atoms with Crippen LogP contribution in [-0.2, 0) is 40.9 Å². The molecule has 2 aromatic rings. The van der Waals surface area contributed by atoms with Gasteiger partial charge >= 0.3 is 5.97 Å². The Morgan fingerprint density at radius 2 is 1.58 bits per heavy atom. The highest BCUT2D eigenvalue weighted by atomic mass is 32.2. The summed E-state index contributed by atoms with van der Waals surface area (Å²) in [6.45, 7) is -0.542. The van der Waals surface area contributed by atoms with Crippen LogP contribution in [0.2, 0.25) is 0 Å². The van der Waals surface area contributed by atoms with Gasteiger partial charge in [-0.15, -0.1) is 0 Å². The molecule has 0 aliphatic heterocycles. The van der Waals surface area contributed by atoms with E-state index in [9.17, 15) is 30.0 Å². The summed E-state index contributed by atoms with van der Waals surface area (Å²) in [4.78, 5) is 9.49. The molecule has 10 nitrogen and oxygen atoms in total. The lowest BCUT2D eigenvalue weighted by Crippen LogP contribution is -2.31. The van der Waals surface area contributed by atoms with Crippen LogP contribution in [0.1, 0.15) is 30.0 Å². The topological polar surface area (TPSA) is 161 Å². The number of benzene rings is 2. The largest absolute Gasteiger partial charge is 0.482 e. The first kappa shape index (κ1) is 25.1. The number of carboxylic acid groups (broad SMARTS) is 1. The van der Waals surface area contributed by atoms with Crippen LogP contribution in [0.25, 0.3) is 0 Å². The molecule has 33 heavy (non-hydrogen) atoms. The van der Waals surface area contributed by atoms with E-state index in [0.717, 1.165) is 30.7 Å². The fourth-order valence-corrected chi connectivity index (χ4v) is 6.50. The van der Waals surface area contributed by atoms with Gasteiger partial charge in [-0.2, -0.15) is 0 Å². The Hall–Kier alpha value is -2.48. The number of sulfone groups is 2. The first-order chi connectivity index (χ1) is 15.2. The van der Waals surface area contributed by atoms with Gasteiger partial charge in [-0.25, -0.2) is 34.8 Å². The van der Waals surface area contributed by atoms with Gasteiger partial charge in [0.2, 0.25) is 10.0 Å². The normalized spacial score (nSPS) is 16.7. The second kappa shape index (κ2) is 9.05. The molecule has 180 valence electrons. The van der Waals surface area contributed by atoms with Crippen molar-refractivity contribution < 1.29 is 39.9 Å². The highest BCUT2D eigenvalue weighted by molar-refractivity contribution is 7.92. The molecule has 0 spiro atoms. The Bertz CT molecular complexity index is 1360. The van der Waals surface area contributed by atoms with E-state index < -0.39 is 63.0 Å². The van der Waals surface area contributed by atoms with E-state index >= 15 is 0 Å². The van der Waals surface area contributed by atoms with E-state index in [1.54, 1.807) is 18.2 Å². The molecule has 1 atom stereocenters. The summed E-state index contributed by atoms with van der Waals surface area (Å²) >= 11 is 0. The Morgan fingerprint density at radius 1 is 1.00 bits per heavy atom. The van der Waals surface area contributed by atoms with Crippen LogP contribution in [0.15, 0.2) is 51.1 Å². The van der Waals surface area contributed by atoms with Crippen LogP contribution in [0.5, 0.6) is 5.75 Å². The highest BCUT2D eigenvalue weighted by Gasteiger charge is 2.29. The maximum absolute atomic E-state index is 13.2. The first-order valence-corrected chi connectivity index (χ1v) is 15.0. The van der Waals surface area contributed by atoms with Crippen molar-refractivity contribution in [2.75, 3.05) is 19.1 Å². The lowest BCUT2D eigenvalue weighted by molar-refractivity contribution is -0.139. The monoisotopic (exact) mass is 517 g/mol. The van der Waals surface area contributed by atoms with Crippen LogP contribution in [0.3, 0.4) is 0 Å². The Kier molecular flexibility index (Phi) is 6.89. The number of carbonyl (C=O) groups is 1. The number of ether oxygens (including phenoxy) is 1. The zero-order chi connectivity index (χ0) is 24.6. The van der Waals surface area contributed by atoms with Crippen molar-refractivity contribution in [3.8, 4) is 5.75 Å². The van der Waals surface area contributed by atoms with Crippen LogP contribution in [-0.4, -0.2) is 55.4 Å². The number of nitrogens with one attached hydrogen (secondary N) is 1. The minimum Gasteiger partial charge on any atom is -0.482 e. The molecule has 0 fully saturated rings. The van der Waals surface area contributed by atoms with E-state index in [1.165, 1.54) is 0 Å². The third kappa shape index (κ3) is 5.91. The molecule has 0 aromatic heterocycles. The number of hydrogen-bond donors (Lipinski definition) is 2. The third-order valence-electron chi connectivity index (χ3n) is 5.13. The van der Waals surface area contributed by atoms with Crippen molar-refractivity contribution in [1.29, 1.82) is 0 Å². The Labute approximate surface area is 192 Å². The molecule has 2 N–H and O–H groups in total. The number of fused-ring (bicyclic) bond motifs is 1. The molecule has 1 aliphatic rings. The maximum Gasteiger partial charge on any atom is 0.341 e. The van der Waals surface area contributed by atoms with E-state index in [0.29, 0.717) is 36.1 Å². The van der Waals surface area contributed by atoms with Crippen LogP contribution in [0.4, 0.5) is 0 Å². The molecule has 0 bridgehead atoms. The zero-order valence-corrected chi connectivity index (χ0v) is 20.3. The summed E-state index contributed by atoms with van der Waals surface area (Å²) in [5, 5.41) is 8.87. The zero-order valence-electron chi connectivity index (χ0n) is 17.8. The second-order valence-electron chi connectivity index (χ2n) is 7.76. The van der Waals surface area contributed by atoms with Crippen molar-refractivity contribution >= 4 is 35.7 Å². The van der Waals surface area contributed by atoms with Gasteiger partial charge in [-0.05, 0) is 54.7 Å². The summed E-state index contributed by atoms with van der Waals surface area (Å²) in [6.07, 6.45) is 3.29. The van der Waals surface area contributed by atoms with Gasteiger partial charge in [-0.3, -0.25) is 0 Å². The molecule has 0 saturated heterocycles. The standard InChI is InChI=1S/C20H23NO9S3/c1-31(24,25)13-9-14(32(2,26)27)11-15(10-13)33(28,29)21-18-7-3-6-17-16(18)5-4-8-19(17)30-12-20(22)23/h4-5,8-11,18,21H,3,6-7,12H2,1-2H3,(H,22,23)/t18-/m1/s1. The van der Waals surface area contributed by atoms with Gasteiger partial charge < -0.3 is 9.84 Å². The highest BCUT2D eigenvalue weighted by Crippen LogP contribution is 2.36. The van der Waals surface area contributed by atoms with Gasteiger partial charge in [-0.1, -0.05) is 12.1 Å². The maximum atomic E-state index is 13.2. The van der Waals surface area contributed by atoms with Crippen LogP contribution < -0.4 is 9.46 Å². The van der Waals surface area contributed by atoms with Crippen molar-refractivity contribution in [3.63, 3.8) is 0 Å². The molecule has 3 rings (SSSR count). The quantitative estimate of drug-likeness (QED) is 0.526. The summed E-state index contributed by atoms with van der Waals surface area (Å²) in [7, 11) is -12.1. The molecule has 13 heteroatoms. The summed E-state index contributed by atoms with van der Waals surface area (Å²) in [5.41, 5.74) is 1.29. The molecular formula is C20H23NO9S3. The van der Waals surface area contributed by atoms with Gasteiger partial charge in [0.1, 0.15) is 5.75 Å². The molecular weight excluding hydrogens is 494 g/mol. The number of aliphatic carboxylic acids is 1. The van der Waals surface area contributed by atoms with E-state index in [-0.39, 0.29) is 0 Å². The Morgan fingerprint density at radius 3 is 2.12 bits per heavy atom. The predicted octanol–water partition coefficient (Wildman–Crippen LogP) is 1.31. The fraction of sp³-hybridized carbons (Fsp3) is 0.350. The minimum absolute atomic E-state index is 0.345. The third-order valence-corrected chi connectivity index (χ3v) is 8.77. The van der Waals surface area contributed by atoms with Crippen molar-refractivity contribution in [1.82, 2.24) is 4.72 Å². The predicted molar refractivity (Wildman–Crippen MR) is 118 cm³/mol. The minimum atomic E-state index is -4.32. The molecule has 0 saturated carbocycles. The summed E-state index contributed by atoms with van der Waals surface area (Å²) in [5.74, 6) is -0.801. The van der Waals surface area contributed by atoms with Crippen LogP contribution >= 0.6 is 0 Å². The van der Waals surface area contributed by atoms with Crippen molar-refractivity contribution in [2.45, 2.75) is 40.0 Å². The number of carboxylic acids is 1. The van der Waals surface area contributed by atoms with Gasteiger partial charge in [0.15, 0.2) is 26.3 Å². The lowest BCUT2D eigenvalue weighted by Gasteiger charge is -2.27. The van der Waals surface area contributed by atoms with Gasteiger partial charge in [0.25, 0.3) is 0 Å². The lowest BCUT2D eigenvalue weighted by atomic mass is 9.87. The van der Waals surface area contributed by atoms with E-state index in [4.69, 9.17) is 9.84 Å². The average Bonchev–Trinajstić information content (AvgIpc) is 2.70. The van der Waals surface area contributed by atoms with Gasteiger partial charge in [0.05, 0.1) is 14.7 Å². The number of hydrogen-bond acceptors (Lipinski definition) is 8. The van der Waals surface area contributed by atoms with E-state index in [2.05, 4.69) is 4.72 Å². The molecule has 0 unspecified atom stereocenters. The Balaban J connectivity index is 2.02. The molecule has 0 amide bonds. The first-order valence-electron chi connectivity index (χ1n) is 9.72. The molecule has 1 aliphatic carbocycles. The smallest absolute Gasteiger partial charge is 0.341 e.